The first kappa shape index (κ1) is 16.6. The van der Waals surface area contributed by atoms with Crippen LogP contribution in [0.5, 0.6) is 0 Å². The molecule has 1 saturated carbocycles. The highest BCUT2D eigenvalue weighted by molar-refractivity contribution is 5.16. The van der Waals surface area contributed by atoms with Crippen LogP contribution in [0.25, 0.3) is 0 Å². The highest BCUT2D eigenvalue weighted by Gasteiger charge is 2.27. The molecule has 0 unspecified atom stereocenters. The fourth-order valence-corrected chi connectivity index (χ4v) is 2.74. The summed E-state index contributed by atoms with van der Waals surface area (Å²) in [6.45, 7) is 12.7. The Labute approximate surface area is 129 Å². The van der Waals surface area contributed by atoms with E-state index in [9.17, 15) is 0 Å². The van der Waals surface area contributed by atoms with E-state index >= 15 is 0 Å². The third-order valence-corrected chi connectivity index (χ3v) is 4.38. The van der Waals surface area contributed by atoms with Crippen molar-refractivity contribution >= 4 is 0 Å². The number of hydrogen-bond acceptors (Lipinski definition) is 3. The van der Waals surface area contributed by atoms with Crippen molar-refractivity contribution in [3.05, 3.63) is 23.7 Å². The fraction of sp³-hybridized carbons (Fsp3) is 0.778. The molecule has 0 atom stereocenters. The lowest BCUT2D eigenvalue weighted by atomic mass is 9.76. The lowest BCUT2D eigenvalue weighted by Crippen LogP contribution is -2.35. The van der Waals surface area contributed by atoms with E-state index in [-0.39, 0.29) is 5.54 Å². The molecule has 0 amide bonds. The molecule has 21 heavy (non-hydrogen) atoms. The van der Waals surface area contributed by atoms with E-state index in [1.807, 2.05) is 6.07 Å². The summed E-state index contributed by atoms with van der Waals surface area (Å²) in [5.41, 5.74) is 1.82. The molecule has 0 bridgehead atoms. The predicted molar refractivity (Wildman–Crippen MR) is 86.1 cm³/mol. The highest BCUT2D eigenvalue weighted by Crippen LogP contribution is 2.36. The van der Waals surface area contributed by atoms with Crippen molar-refractivity contribution < 1.29 is 9.15 Å². The van der Waals surface area contributed by atoms with Gasteiger partial charge in [0.25, 0.3) is 0 Å². The molecule has 0 aliphatic heterocycles. The zero-order valence-corrected chi connectivity index (χ0v) is 14.3. The van der Waals surface area contributed by atoms with Gasteiger partial charge < -0.3 is 14.5 Å². The van der Waals surface area contributed by atoms with Gasteiger partial charge in [-0.15, -0.1) is 0 Å². The molecule has 1 aliphatic rings. The Balaban J connectivity index is 1.80. The Hall–Kier alpha value is -0.800. The normalized spacial score (nSPS) is 19.9. The summed E-state index contributed by atoms with van der Waals surface area (Å²) in [5, 5.41) is 3.50. The van der Waals surface area contributed by atoms with Crippen LogP contribution < -0.4 is 5.32 Å². The van der Waals surface area contributed by atoms with Crippen molar-refractivity contribution in [2.75, 3.05) is 0 Å². The van der Waals surface area contributed by atoms with Crippen LogP contribution in [0.15, 0.2) is 16.7 Å². The minimum Gasteiger partial charge on any atom is -0.467 e. The topological polar surface area (TPSA) is 34.4 Å². The van der Waals surface area contributed by atoms with Crippen LogP contribution in [0, 0.1) is 5.41 Å². The molecule has 3 nitrogen and oxygen atoms in total. The molecule has 1 N–H and O–H groups in total. The molecule has 1 aliphatic carbocycles. The molecule has 0 radical (unpaired) electrons. The van der Waals surface area contributed by atoms with Crippen LogP contribution in [0.1, 0.15) is 71.6 Å². The van der Waals surface area contributed by atoms with Crippen molar-refractivity contribution in [3.8, 4) is 0 Å². The second-order valence-corrected chi connectivity index (χ2v) is 8.15. The Morgan fingerprint density at radius 3 is 2.57 bits per heavy atom. The molecular weight excluding hydrogens is 262 g/mol. The maximum Gasteiger partial charge on any atom is 0.133 e. The van der Waals surface area contributed by atoms with Crippen LogP contribution in [-0.4, -0.2) is 11.6 Å². The monoisotopic (exact) mass is 293 g/mol. The summed E-state index contributed by atoms with van der Waals surface area (Å²) in [5.74, 6) is 0.969. The van der Waals surface area contributed by atoms with Crippen molar-refractivity contribution in [2.45, 2.75) is 85.1 Å². The molecule has 2 rings (SSSR count). The summed E-state index contributed by atoms with van der Waals surface area (Å²) >= 11 is 0. The van der Waals surface area contributed by atoms with Gasteiger partial charge in [0.05, 0.1) is 12.4 Å². The van der Waals surface area contributed by atoms with Gasteiger partial charge in [-0.05, 0) is 57.9 Å². The number of nitrogens with one attached hydrogen (secondary N) is 1. The molecule has 1 aromatic heterocycles. The summed E-state index contributed by atoms with van der Waals surface area (Å²) in [7, 11) is 0. The van der Waals surface area contributed by atoms with E-state index < -0.39 is 0 Å². The largest absolute Gasteiger partial charge is 0.467 e. The summed E-state index contributed by atoms with van der Waals surface area (Å²) < 4.78 is 11.7. The van der Waals surface area contributed by atoms with Gasteiger partial charge in [-0.2, -0.15) is 0 Å². The average molecular weight is 293 g/mol. The molecule has 1 heterocycles. The van der Waals surface area contributed by atoms with E-state index in [1.54, 1.807) is 6.26 Å². The number of ether oxygens (including phenoxy) is 1. The first-order chi connectivity index (χ1) is 9.75. The molecule has 0 spiro atoms. The molecular formula is C18H31NO2. The second-order valence-electron chi connectivity index (χ2n) is 8.15. The van der Waals surface area contributed by atoms with Crippen molar-refractivity contribution in [1.82, 2.24) is 5.32 Å². The standard InChI is InChI=1S/C18H31NO2/c1-17(2,3)19-12-14-8-11-20-16(14)13-21-15-6-9-18(4,5)10-7-15/h8,11,15,19H,6-7,9-10,12-13H2,1-5H3. The first-order valence-corrected chi connectivity index (χ1v) is 8.17. The zero-order chi connectivity index (χ0) is 15.5. The van der Waals surface area contributed by atoms with Gasteiger partial charge in [0, 0.05) is 17.6 Å². The maximum absolute atomic E-state index is 6.07. The average Bonchev–Trinajstić information content (AvgIpc) is 2.82. The van der Waals surface area contributed by atoms with Gasteiger partial charge in [0.15, 0.2) is 0 Å². The molecule has 1 fully saturated rings. The fourth-order valence-electron chi connectivity index (χ4n) is 2.74. The van der Waals surface area contributed by atoms with E-state index in [1.165, 1.54) is 31.2 Å². The Bertz CT molecular complexity index is 432. The SMILES string of the molecule is CC1(C)CCC(OCc2occc2CNC(C)(C)C)CC1. The molecule has 0 saturated heterocycles. The maximum atomic E-state index is 6.07. The number of hydrogen-bond donors (Lipinski definition) is 1. The highest BCUT2D eigenvalue weighted by atomic mass is 16.5. The van der Waals surface area contributed by atoms with Gasteiger partial charge in [-0.3, -0.25) is 0 Å². The molecule has 120 valence electrons. The van der Waals surface area contributed by atoms with Crippen LogP contribution >= 0.6 is 0 Å². The first-order valence-electron chi connectivity index (χ1n) is 8.17. The van der Waals surface area contributed by atoms with Gasteiger partial charge in [-0.1, -0.05) is 13.8 Å². The Morgan fingerprint density at radius 1 is 1.29 bits per heavy atom. The van der Waals surface area contributed by atoms with E-state index in [0.717, 1.165) is 12.3 Å². The van der Waals surface area contributed by atoms with Gasteiger partial charge in [0.2, 0.25) is 0 Å². The summed E-state index contributed by atoms with van der Waals surface area (Å²) in [6, 6.07) is 2.04. The van der Waals surface area contributed by atoms with Gasteiger partial charge in [0.1, 0.15) is 12.4 Å². The van der Waals surface area contributed by atoms with Crippen molar-refractivity contribution in [3.63, 3.8) is 0 Å². The summed E-state index contributed by atoms with van der Waals surface area (Å²) in [4.78, 5) is 0. The van der Waals surface area contributed by atoms with E-state index in [4.69, 9.17) is 9.15 Å². The third-order valence-electron chi connectivity index (χ3n) is 4.38. The third kappa shape index (κ3) is 5.48. The van der Waals surface area contributed by atoms with Crippen LogP contribution in [-0.2, 0) is 17.9 Å². The zero-order valence-electron chi connectivity index (χ0n) is 14.3. The summed E-state index contributed by atoms with van der Waals surface area (Å²) in [6.07, 6.45) is 7.02. The van der Waals surface area contributed by atoms with Crippen molar-refractivity contribution in [1.29, 1.82) is 0 Å². The minimum atomic E-state index is 0.115. The number of furan rings is 1. The lowest BCUT2D eigenvalue weighted by molar-refractivity contribution is -0.0124. The van der Waals surface area contributed by atoms with Gasteiger partial charge >= 0.3 is 0 Å². The quantitative estimate of drug-likeness (QED) is 0.858. The van der Waals surface area contributed by atoms with Crippen LogP contribution in [0.3, 0.4) is 0 Å². The molecule has 1 aromatic rings. The van der Waals surface area contributed by atoms with Crippen molar-refractivity contribution in [2.24, 2.45) is 5.41 Å². The minimum absolute atomic E-state index is 0.115. The predicted octanol–water partition coefficient (Wildman–Crippen LogP) is 4.65. The Kier molecular flexibility index (Phi) is 5.15. The second kappa shape index (κ2) is 6.53. The Morgan fingerprint density at radius 2 is 1.95 bits per heavy atom. The lowest BCUT2D eigenvalue weighted by Gasteiger charge is -2.34. The van der Waals surface area contributed by atoms with Crippen LogP contribution in [0.2, 0.25) is 0 Å². The van der Waals surface area contributed by atoms with Crippen LogP contribution in [0.4, 0.5) is 0 Å². The smallest absolute Gasteiger partial charge is 0.133 e. The van der Waals surface area contributed by atoms with Gasteiger partial charge in [-0.25, -0.2) is 0 Å². The van der Waals surface area contributed by atoms with E-state index in [0.29, 0.717) is 18.1 Å². The molecule has 0 aromatic carbocycles. The molecule has 3 heteroatoms. The van der Waals surface area contributed by atoms with E-state index in [2.05, 4.69) is 39.9 Å². The number of rotatable bonds is 5.